The van der Waals surface area contributed by atoms with Gasteiger partial charge in [0, 0.05) is 6.04 Å². The Bertz CT molecular complexity index is 342. The molecule has 0 bridgehead atoms. The van der Waals surface area contributed by atoms with Gasteiger partial charge in [-0.05, 0) is 26.2 Å². The van der Waals surface area contributed by atoms with Gasteiger partial charge >= 0.3 is 0 Å². The third-order valence-corrected chi connectivity index (χ3v) is 3.55. The van der Waals surface area contributed by atoms with Crippen LogP contribution in [0.15, 0.2) is 0 Å². The molecule has 1 atom stereocenters. The number of amides is 2. The third kappa shape index (κ3) is 3.66. The Hall–Kier alpha value is -1.17. The van der Waals surface area contributed by atoms with Crippen molar-refractivity contribution in [2.45, 2.75) is 39.2 Å². The van der Waals surface area contributed by atoms with Crippen molar-refractivity contribution in [2.24, 2.45) is 11.1 Å². The van der Waals surface area contributed by atoms with E-state index in [2.05, 4.69) is 10.6 Å². The highest BCUT2D eigenvalue weighted by Crippen LogP contribution is 2.21. The second-order valence-corrected chi connectivity index (χ2v) is 5.01. The predicted octanol–water partition coefficient (Wildman–Crippen LogP) is 0.0836. The first-order chi connectivity index (χ1) is 7.90. The molecular formula is C11H19N3O2S. The van der Waals surface area contributed by atoms with E-state index in [-0.39, 0.29) is 23.3 Å². The highest BCUT2D eigenvalue weighted by atomic mass is 32.1. The third-order valence-electron chi connectivity index (χ3n) is 3.10. The maximum atomic E-state index is 11.9. The zero-order valence-electron chi connectivity index (χ0n) is 10.2. The molecule has 1 fully saturated rings. The molecule has 4 N–H and O–H groups in total. The summed E-state index contributed by atoms with van der Waals surface area (Å²) in [6.45, 7) is 3.50. The summed E-state index contributed by atoms with van der Waals surface area (Å²) in [7, 11) is 0. The minimum atomic E-state index is -0.880. The van der Waals surface area contributed by atoms with Crippen LogP contribution in [0.5, 0.6) is 0 Å². The molecule has 1 rings (SSSR count). The summed E-state index contributed by atoms with van der Waals surface area (Å²) in [6.07, 6.45) is 2.57. The summed E-state index contributed by atoms with van der Waals surface area (Å²) in [5.41, 5.74) is 4.67. The molecule has 0 spiro atoms. The van der Waals surface area contributed by atoms with Gasteiger partial charge in [0.05, 0.1) is 16.9 Å². The molecule has 96 valence electrons. The standard InChI is InChI=1S/C11H19N3O2S/c1-3-11(2,9(12)17)10(16)13-6-8(15)14-7-4-5-7/h7H,3-6H2,1-2H3,(H2,12,17)(H,13,16)(H,14,15). The van der Waals surface area contributed by atoms with Crippen LogP contribution in [0.1, 0.15) is 33.1 Å². The SMILES string of the molecule is CCC(C)(C(=O)NCC(=O)NC1CC1)C(N)=S. The van der Waals surface area contributed by atoms with E-state index in [9.17, 15) is 9.59 Å². The van der Waals surface area contributed by atoms with Crippen LogP contribution in [0, 0.1) is 5.41 Å². The zero-order chi connectivity index (χ0) is 13.1. The lowest BCUT2D eigenvalue weighted by Gasteiger charge is -2.25. The first-order valence-electron chi connectivity index (χ1n) is 5.77. The fourth-order valence-electron chi connectivity index (χ4n) is 1.31. The van der Waals surface area contributed by atoms with Gasteiger partial charge in [-0.3, -0.25) is 9.59 Å². The van der Waals surface area contributed by atoms with Crippen molar-refractivity contribution in [2.75, 3.05) is 6.54 Å². The number of thiocarbonyl (C=S) groups is 1. The summed E-state index contributed by atoms with van der Waals surface area (Å²) in [5, 5.41) is 5.36. The quantitative estimate of drug-likeness (QED) is 0.589. The van der Waals surface area contributed by atoms with Gasteiger partial charge in [0.15, 0.2) is 0 Å². The fourth-order valence-corrected chi connectivity index (χ4v) is 1.55. The van der Waals surface area contributed by atoms with Crippen LogP contribution in [-0.4, -0.2) is 29.4 Å². The lowest BCUT2D eigenvalue weighted by atomic mass is 9.86. The van der Waals surface area contributed by atoms with Crippen molar-refractivity contribution in [3.8, 4) is 0 Å². The van der Waals surface area contributed by atoms with E-state index in [1.165, 1.54) is 0 Å². The van der Waals surface area contributed by atoms with E-state index in [1.54, 1.807) is 6.92 Å². The first-order valence-corrected chi connectivity index (χ1v) is 6.18. The number of carbonyl (C=O) groups excluding carboxylic acids is 2. The van der Waals surface area contributed by atoms with Crippen LogP contribution >= 0.6 is 12.2 Å². The van der Waals surface area contributed by atoms with Crippen molar-refractivity contribution in [3.63, 3.8) is 0 Å². The maximum Gasteiger partial charge on any atom is 0.239 e. The smallest absolute Gasteiger partial charge is 0.239 e. The number of nitrogens with one attached hydrogen (secondary N) is 2. The van der Waals surface area contributed by atoms with Crippen LogP contribution in [0.2, 0.25) is 0 Å². The van der Waals surface area contributed by atoms with Gasteiger partial charge in [0.2, 0.25) is 11.8 Å². The number of carbonyl (C=O) groups is 2. The molecule has 2 amide bonds. The van der Waals surface area contributed by atoms with Crippen molar-refractivity contribution in [1.29, 1.82) is 0 Å². The highest BCUT2D eigenvalue weighted by molar-refractivity contribution is 7.80. The van der Waals surface area contributed by atoms with Crippen LogP contribution in [-0.2, 0) is 9.59 Å². The normalized spacial score (nSPS) is 18.0. The Morgan fingerprint density at radius 1 is 1.47 bits per heavy atom. The molecule has 0 heterocycles. The molecule has 0 aromatic carbocycles. The summed E-state index contributed by atoms with van der Waals surface area (Å²) >= 11 is 4.88. The molecule has 1 aliphatic carbocycles. The number of hydrogen-bond donors (Lipinski definition) is 3. The van der Waals surface area contributed by atoms with Gasteiger partial charge in [-0.25, -0.2) is 0 Å². The first kappa shape index (κ1) is 13.9. The van der Waals surface area contributed by atoms with E-state index in [0.29, 0.717) is 12.5 Å². The van der Waals surface area contributed by atoms with Crippen molar-refractivity contribution in [3.05, 3.63) is 0 Å². The summed E-state index contributed by atoms with van der Waals surface area (Å²) < 4.78 is 0. The molecule has 0 aromatic heterocycles. The Morgan fingerprint density at radius 2 is 2.06 bits per heavy atom. The van der Waals surface area contributed by atoms with Gasteiger partial charge in [-0.15, -0.1) is 0 Å². The Balaban J connectivity index is 2.41. The van der Waals surface area contributed by atoms with Gasteiger partial charge in [-0.2, -0.15) is 0 Å². The molecular weight excluding hydrogens is 238 g/mol. The van der Waals surface area contributed by atoms with Crippen LogP contribution in [0.25, 0.3) is 0 Å². The molecule has 0 aromatic rings. The number of nitrogens with two attached hydrogens (primary N) is 1. The monoisotopic (exact) mass is 257 g/mol. The molecule has 6 heteroatoms. The fraction of sp³-hybridized carbons (Fsp3) is 0.727. The number of rotatable bonds is 6. The zero-order valence-corrected chi connectivity index (χ0v) is 11.0. The van der Waals surface area contributed by atoms with E-state index < -0.39 is 5.41 Å². The van der Waals surface area contributed by atoms with E-state index >= 15 is 0 Å². The predicted molar refractivity (Wildman–Crippen MR) is 69.4 cm³/mol. The summed E-state index contributed by atoms with van der Waals surface area (Å²) in [5.74, 6) is -0.458. The van der Waals surface area contributed by atoms with Crippen LogP contribution in [0.4, 0.5) is 0 Å². The van der Waals surface area contributed by atoms with Crippen molar-refractivity contribution >= 4 is 29.0 Å². The van der Waals surface area contributed by atoms with Crippen molar-refractivity contribution in [1.82, 2.24) is 10.6 Å². The number of hydrogen-bond acceptors (Lipinski definition) is 3. The topological polar surface area (TPSA) is 84.2 Å². The Morgan fingerprint density at radius 3 is 2.47 bits per heavy atom. The Kier molecular flexibility index (Phi) is 4.45. The summed E-state index contributed by atoms with van der Waals surface area (Å²) in [6, 6.07) is 0.299. The lowest BCUT2D eigenvalue weighted by Crippen LogP contribution is -2.49. The van der Waals surface area contributed by atoms with E-state index in [0.717, 1.165) is 12.8 Å². The maximum absolute atomic E-state index is 11.9. The molecule has 0 saturated heterocycles. The second kappa shape index (κ2) is 5.44. The summed E-state index contributed by atoms with van der Waals surface area (Å²) in [4.78, 5) is 23.4. The van der Waals surface area contributed by atoms with Crippen molar-refractivity contribution < 1.29 is 9.59 Å². The Labute approximate surface area is 107 Å². The van der Waals surface area contributed by atoms with Gasteiger partial charge in [-0.1, -0.05) is 19.1 Å². The second-order valence-electron chi connectivity index (χ2n) is 4.57. The minimum Gasteiger partial charge on any atom is -0.392 e. The average Bonchev–Trinajstić information content (AvgIpc) is 3.08. The van der Waals surface area contributed by atoms with E-state index in [4.69, 9.17) is 18.0 Å². The largest absolute Gasteiger partial charge is 0.392 e. The van der Waals surface area contributed by atoms with Crippen LogP contribution in [0.3, 0.4) is 0 Å². The molecule has 17 heavy (non-hydrogen) atoms. The van der Waals surface area contributed by atoms with Gasteiger partial charge < -0.3 is 16.4 Å². The van der Waals surface area contributed by atoms with Gasteiger partial charge in [0.1, 0.15) is 0 Å². The van der Waals surface area contributed by atoms with Crippen LogP contribution < -0.4 is 16.4 Å². The molecule has 0 radical (unpaired) electrons. The average molecular weight is 257 g/mol. The highest BCUT2D eigenvalue weighted by Gasteiger charge is 2.34. The lowest BCUT2D eigenvalue weighted by molar-refractivity contribution is -0.130. The molecule has 1 saturated carbocycles. The molecule has 0 aliphatic heterocycles. The molecule has 1 unspecified atom stereocenters. The molecule has 5 nitrogen and oxygen atoms in total. The minimum absolute atomic E-state index is 0.0203. The molecule has 1 aliphatic rings. The van der Waals surface area contributed by atoms with E-state index in [1.807, 2.05) is 6.92 Å². The van der Waals surface area contributed by atoms with Gasteiger partial charge in [0.25, 0.3) is 0 Å².